The maximum atomic E-state index is 14.4. The van der Waals surface area contributed by atoms with Crippen molar-refractivity contribution in [1.29, 1.82) is 0 Å². The SMILES string of the molecule is CCCOc1ccc(-c2ncc(C(C(=O)OCCC(=O)O)n3cc4nc(-c5cccc(F)c5F)nc-4cn3)cn2)c(C(F)(F)F)c1.[H-].[Na+]. The predicted molar refractivity (Wildman–Crippen MR) is 151 cm³/mol. The van der Waals surface area contributed by atoms with E-state index in [9.17, 15) is 31.5 Å². The van der Waals surface area contributed by atoms with Gasteiger partial charge in [0.15, 0.2) is 29.3 Å². The summed E-state index contributed by atoms with van der Waals surface area (Å²) in [6.45, 7) is 1.55. The van der Waals surface area contributed by atoms with Gasteiger partial charge in [0.1, 0.15) is 23.7 Å². The van der Waals surface area contributed by atoms with Crippen molar-refractivity contribution in [2.45, 2.75) is 32.0 Å². The van der Waals surface area contributed by atoms with Gasteiger partial charge in [-0.05, 0) is 36.8 Å². The van der Waals surface area contributed by atoms with Crippen LogP contribution in [-0.4, -0.2) is 60.0 Å². The molecule has 0 aliphatic carbocycles. The summed E-state index contributed by atoms with van der Waals surface area (Å²) < 4.78 is 81.6. The van der Waals surface area contributed by atoms with Crippen molar-refractivity contribution in [1.82, 2.24) is 29.7 Å². The summed E-state index contributed by atoms with van der Waals surface area (Å²) in [7, 11) is 0. The number of esters is 1. The molecule has 0 amide bonds. The first-order valence-electron chi connectivity index (χ1n) is 13.7. The molecule has 2 aliphatic heterocycles. The van der Waals surface area contributed by atoms with Gasteiger partial charge in [-0.2, -0.15) is 18.3 Å². The Morgan fingerprint density at radius 3 is 2.38 bits per heavy atom. The first-order chi connectivity index (χ1) is 22.0. The van der Waals surface area contributed by atoms with Crippen LogP contribution < -0.4 is 34.3 Å². The molecule has 5 rings (SSSR count). The average Bonchev–Trinajstić information content (AvgIpc) is 3.44. The molecule has 0 fully saturated rings. The van der Waals surface area contributed by atoms with Gasteiger partial charge in [0.2, 0.25) is 0 Å². The zero-order valence-corrected chi connectivity index (χ0v) is 26.8. The molecule has 3 aromatic rings. The molecule has 11 nitrogen and oxygen atoms in total. The summed E-state index contributed by atoms with van der Waals surface area (Å²) in [6.07, 6.45) is 0.0118. The summed E-state index contributed by atoms with van der Waals surface area (Å²) in [5, 5.41) is 13.1. The van der Waals surface area contributed by atoms with Gasteiger partial charge in [-0.1, -0.05) is 13.0 Å². The van der Waals surface area contributed by atoms with E-state index < -0.39 is 54.4 Å². The first kappa shape index (κ1) is 35.3. The number of ether oxygens (including phenoxy) is 2. The number of halogens is 5. The number of fused-ring (bicyclic) bond motifs is 1. The van der Waals surface area contributed by atoms with E-state index in [0.29, 0.717) is 6.42 Å². The Kier molecular flexibility index (Phi) is 11.2. The van der Waals surface area contributed by atoms with Gasteiger partial charge in [0, 0.05) is 23.5 Å². The van der Waals surface area contributed by atoms with Crippen molar-refractivity contribution >= 4 is 11.9 Å². The average molecular weight is 667 g/mol. The fraction of sp³-hybridized carbons (Fsp3) is 0.233. The molecular formula is C30H24F5N6NaO5. The third-order valence-corrected chi connectivity index (χ3v) is 6.52. The number of rotatable bonds is 11. The number of benzene rings is 2. The Hall–Kier alpha value is -4.54. The van der Waals surface area contributed by atoms with Crippen molar-refractivity contribution < 1.29 is 77.1 Å². The topological polar surface area (TPSA) is 142 Å². The zero-order valence-electron chi connectivity index (χ0n) is 25.8. The van der Waals surface area contributed by atoms with E-state index in [0.717, 1.165) is 29.2 Å². The van der Waals surface area contributed by atoms with Gasteiger partial charge in [-0.25, -0.2) is 33.5 Å². The molecule has 47 heavy (non-hydrogen) atoms. The zero-order chi connectivity index (χ0) is 33.0. The van der Waals surface area contributed by atoms with Gasteiger partial charge in [0.05, 0.1) is 36.5 Å². The monoisotopic (exact) mass is 666 g/mol. The second kappa shape index (κ2) is 14.9. The summed E-state index contributed by atoms with van der Waals surface area (Å²) in [5.41, 5.74) is -1.26. The van der Waals surface area contributed by atoms with Crippen molar-refractivity contribution in [3.63, 3.8) is 0 Å². The molecular weight excluding hydrogens is 642 g/mol. The van der Waals surface area contributed by atoms with Crippen LogP contribution in [0.4, 0.5) is 22.0 Å². The molecule has 1 atom stereocenters. The second-order valence-corrected chi connectivity index (χ2v) is 9.78. The second-order valence-electron chi connectivity index (χ2n) is 9.78. The van der Waals surface area contributed by atoms with E-state index in [4.69, 9.17) is 14.6 Å². The minimum Gasteiger partial charge on any atom is -1.00 e. The van der Waals surface area contributed by atoms with Crippen molar-refractivity contribution in [2.75, 3.05) is 13.2 Å². The van der Waals surface area contributed by atoms with Crippen LogP contribution in [-0.2, 0) is 20.5 Å². The maximum Gasteiger partial charge on any atom is 1.00 e. The van der Waals surface area contributed by atoms with E-state index in [2.05, 4.69) is 25.0 Å². The van der Waals surface area contributed by atoms with E-state index in [1.54, 1.807) is 0 Å². The summed E-state index contributed by atoms with van der Waals surface area (Å²) >= 11 is 0. The quantitative estimate of drug-likeness (QED) is 0.127. The Bertz CT molecular complexity index is 1860. The number of carbonyl (C=O) groups is 2. The Balaban J connectivity index is 0.00000312. The molecule has 240 valence electrons. The number of nitrogens with zero attached hydrogens (tertiary/aromatic N) is 6. The molecule has 2 aromatic carbocycles. The van der Waals surface area contributed by atoms with E-state index in [1.165, 1.54) is 36.7 Å². The number of imidazole rings is 1. The van der Waals surface area contributed by atoms with Gasteiger partial charge in [-0.15, -0.1) is 0 Å². The summed E-state index contributed by atoms with van der Waals surface area (Å²) in [4.78, 5) is 40.7. The molecule has 2 aliphatic rings. The summed E-state index contributed by atoms with van der Waals surface area (Å²) in [6, 6.07) is 5.44. The number of carbonyl (C=O) groups excluding carboxylic acids is 1. The normalized spacial score (nSPS) is 12.0. The van der Waals surface area contributed by atoms with Crippen molar-refractivity contribution in [2.24, 2.45) is 0 Å². The first-order valence-corrected chi connectivity index (χ1v) is 13.7. The number of alkyl halides is 3. The van der Waals surface area contributed by atoms with Crippen LogP contribution in [0.5, 0.6) is 5.75 Å². The number of aromatic nitrogens is 6. The molecule has 1 aromatic heterocycles. The van der Waals surface area contributed by atoms with E-state index >= 15 is 0 Å². The molecule has 0 spiro atoms. The van der Waals surface area contributed by atoms with Crippen LogP contribution >= 0.6 is 0 Å². The van der Waals surface area contributed by atoms with Gasteiger partial charge in [-0.3, -0.25) is 9.48 Å². The molecule has 17 heteroatoms. The van der Waals surface area contributed by atoms with E-state index in [-0.39, 0.29) is 83.1 Å². The number of hydrogen-bond acceptors (Lipinski definition) is 9. The number of carboxylic acids is 1. The van der Waals surface area contributed by atoms with Crippen LogP contribution in [0.3, 0.4) is 0 Å². The van der Waals surface area contributed by atoms with Crippen LogP contribution in [0.25, 0.3) is 34.2 Å². The number of carboxylic acid groups (broad SMARTS) is 1. The largest absolute Gasteiger partial charge is 1.00 e. The van der Waals surface area contributed by atoms with Crippen LogP contribution in [0.15, 0.2) is 61.2 Å². The maximum absolute atomic E-state index is 14.4. The van der Waals surface area contributed by atoms with Crippen LogP contribution in [0.1, 0.15) is 38.4 Å². The third kappa shape index (κ3) is 8.07. The predicted octanol–water partition coefficient (Wildman–Crippen LogP) is 2.71. The van der Waals surface area contributed by atoms with Crippen molar-refractivity contribution in [3.8, 4) is 39.9 Å². The molecule has 3 heterocycles. The molecule has 0 saturated carbocycles. The molecule has 1 N–H and O–H groups in total. The van der Waals surface area contributed by atoms with Gasteiger partial charge in [0.25, 0.3) is 0 Å². The van der Waals surface area contributed by atoms with Gasteiger partial charge >= 0.3 is 47.7 Å². The molecule has 0 bridgehead atoms. The molecule has 0 radical (unpaired) electrons. The fourth-order valence-corrected chi connectivity index (χ4v) is 4.37. The molecule has 1 unspecified atom stereocenters. The Labute approximate surface area is 286 Å². The fourth-order valence-electron chi connectivity index (χ4n) is 4.37. The minimum atomic E-state index is -4.76. The van der Waals surface area contributed by atoms with Crippen LogP contribution in [0.2, 0.25) is 0 Å². The smallest absolute Gasteiger partial charge is 1.00 e. The summed E-state index contributed by atoms with van der Waals surface area (Å²) in [5.74, 6) is -4.89. The van der Waals surface area contributed by atoms with Gasteiger partial charge < -0.3 is 16.0 Å². The Morgan fingerprint density at radius 1 is 0.979 bits per heavy atom. The Morgan fingerprint density at radius 2 is 1.70 bits per heavy atom. The molecule has 0 saturated heterocycles. The number of aliphatic carboxylic acids is 1. The van der Waals surface area contributed by atoms with Crippen LogP contribution in [0, 0.1) is 11.6 Å². The standard InChI is InChI=1S/C30H23F5N6O5.Na.H/c1-2-9-45-17-6-7-18(20(11-17)30(33,34)35)27-36-12-16(13-37-27)26(29(44)46-10-8-24(42)43)41-15-23-22(14-38-41)39-28(40-23)19-4-3-5-21(31)25(19)32;;/h3-7,11-15,26H,2,8-10H2,1H3,(H,42,43);;/q;+1;-1. The third-order valence-electron chi connectivity index (χ3n) is 6.52. The number of hydrogen-bond donors (Lipinski definition) is 1. The minimum absolute atomic E-state index is 0. The van der Waals surface area contributed by atoms with E-state index in [1.807, 2.05) is 6.92 Å². The van der Waals surface area contributed by atoms with Crippen molar-refractivity contribution in [3.05, 3.63) is 83.9 Å².